The second kappa shape index (κ2) is 16.0. The lowest BCUT2D eigenvalue weighted by molar-refractivity contribution is -0.221. The number of ether oxygens (including phenoxy) is 1. The largest absolute Gasteiger partial charge is 0.481 e. The fourth-order valence-corrected chi connectivity index (χ4v) is 17.4. The molecule has 10 heteroatoms. The van der Waals surface area contributed by atoms with Crippen LogP contribution in [0.3, 0.4) is 0 Å². The minimum Gasteiger partial charge on any atom is -0.481 e. The Bertz CT molecular complexity index is 2270. The van der Waals surface area contributed by atoms with Crippen LogP contribution in [-0.4, -0.2) is 84.0 Å². The molecule has 1 aromatic carbocycles. The van der Waals surface area contributed by atoms with Gasteiger partial charge in [0.05, 0.1) is 17.2 Å². The number of sulfone groups is 1. The number of carboxylic acid groups (broad SMARTS) is 1. The Labute approximate surface area is 378 Å². The zero-order valence-electron chi connectivity index (χ0n) is 39.5. The number of aliphatic carboxylic acids is 1. The molecule has 2 N–H and O–H groups in total. The third-order valence-electron chi connectivity index (χ3n) is 19.8. The van der Waals surface area contributed by atoms with Crippen LogP contribution in [0.1, 0.15) is 119 Å². The molecular weight excluding hydrogens is 805 g/mol. The highest BCUT2D eigenvalue weighted by Crippen LogP contribution is 2.76. The predicted octanol–water partition coefficient (Wildman–Crippen LogP) is 9.91. The number of hydrogen-bond donors (Lipinski definition) is 2. The molecule has 9 rings (SSSR count). The summed E-state index contributed by atoms with van der Waals surface area (Å²) in [5.74, 6) is 3.38. The molecule has 2 aromatic rings. The zero-order valence-corrected chi connectivity index (χ0v) is 40.3. The monoisotopic (exact) mass is 881 g/mol. The van der Waals surface area contributed by atoms with E-state index in [1.807, 2.05) is 43.4 Å². The highest BCUT2D eigenvalue weighted by Gasteiger charge is 2.70. The van der Waals surface area contributed by atoms with Gasteiger partial charge in [-0.25, -0.2) is 13.1 Å². The Morgan fingerprint density at radius 1 is 0.921 bits per heavy atom. The number of fused-ring (bicyclic) bond motifs is 7. The first-order chi connectivity index (χ1) is 29.8. The average Bonchev–Trinajstić information content (AvgIpc) is 3.82. The highest BCUT2D eigenvalue weighted by atomic mass is 32.2. The van der Waals surface area contributed by atoms with Gasteiger partial charge in [-0.1, -0.05) is 89.3 Å². The molecule has 2 heterocycles. The predicted molar refractivity (Wildman–Crippen MR) is 252 cm³/mol. The molecule has 4 saturated carbocycles. The van der Waals surface area contributed by atoms with Gasteiger partial charge in [-0.15, -0.1) is 0 Å². The normalized spacial score (nSPS) is 39.4. The number of benzene rings is 1. The van der Waals surface area contributed by atoms with Crippen molar-refractivity contribution < 1.29 is 23.1 Å². The summed E-state index contributed by atoms with van der Waals surface area (Å²) in [7, 11) is -1.03. The van der Waals surface area contributed by atoms with Crippen LogP contribution in [0.2, 0.25) is 0 Å². The van der Waals surface area contributed by atoms with E-state index in [-0.39, 0.29) is 33.8 Å². The molecule has 1 aliphatic heterocycles. The summed E-state index contributed by atoms with van der Waals surface area (Å²) in [5.41, 5.74) is 5.82. The summed E-state index contributed by atoms with van der Waals surface area (Å²) in [6.07, 6.45) is 17.7. The number of aryl methyl sites for hydroxylation is 1. The summed E-state index contributed by atoms with van der Waals surface area (Å²) in [5, 5.41) is 19.6. The molecule has 5 fully saturated rings. The lowest BCUT2D eigenvalue weighted by Gasteiger charge is -2.72. The number of nitrogens with zero attached hydrogens (tertiary/aromatic N) is 3. The maximum absolute atomic E-state index is 13.0. The minimum atomic E-state index is -2.88. The van der Waals surface area contributed by atoms with Crippen LogP contribution < -0.4 is 10.1 Å². The minimum absolute atomic E-state index is 0.0130. The van der Waals surface area contributed by atoms with Crippen molar-refractivity contribution in [2.24, 2.45) is 63.7 Å². The Morgan fingerprint density at radius 3 is 2.35 bits per heavy atom. The molecular formula is C53H76N4O5S. The Balaban J connectivity index is 0.915. The van der Waals surface area contributed by atoms with Crippen LogP contribution >= 0.6 is 0 Å². The number of carbonyl (C=O) groups is 1. The Kier molecular flexibility index (Phi) is 11.4. The molecule has 9 nitrogen and oxygen atoms in total. The standard InChI is InChI=1S/C53H76N4O5S/c1-36(2)39-18-25-53(54-28-29-57-30-32-63(60,61)33-31-57)27-26-50(6)41(46(39)53)14-15-44-49(5)21-19-40(48(3,4)43(49)20-22-51(44,50)7)37-16-23-52(24-17-37,47(58)59)35-62-45-34-42(55-56(45)8)38-12-10-9-11-13-38/h9-13,16,19,34,39,41,43-44,46,54H,1,14-15,17-18,20-33,35H2,2-8H3,(H,58,59)/t39-,41+,43-,44+,46+,49-,50+,51+,52?,53-/m0/s1. The summed E-state index contributed by atoms with van der Waals surface area (Å²) in [6.45, 7) is 23.3. The van der Waals surface area contributed by atoms with Gasteiger partial charge in [0, 0.05) is 50.4 Å². The van der Waals surface area contributed by atoms with Crippen molar-refractivity contribution in [3.05, 3.63) is 71.8 Å². The molecule has 10 atom stereocenters. The van der Waals surface area contributed by atoms with Crippen molar-refractivity contribution in [3.8, 4) is 17.1 Å². The van der Waals surface area contributed by atoms with Crippen LogP contribution in [0.25, 0.3) is 11.3 Å². The van der Waals surface area contributed by atoms with Crippen LogP contribution in [-0.2, 0) is 21.7 Å². The average molecular weight is 881 g/mol. The van der Waals surface area contributed by atoms with Crippen molar-refractivity contribution in [2.45, 2.75) is 124 Å². The van der Waals surface area contributed by atoms with Gasteiger partial charge in [-0.3, -0.25) is 4.79 Å². The molecule has 6 aliphatic carbocycles. The van der Waals surface area contributed by atoms with Gasteiger partial charge in [-0.2, -0.15) is 5.10 Å². The van der Waals surface area contributed by atoms with Gasteiger partial charge in [0.15, 0.2) is 9.84 Å². The Hall–Kier alpha value is -3.21. The van der Waals surface area contributed by atoms with Gasteiger partial charge in [0.2, 0.25) is 5.88 Å². The quantitative estimate of drug-likeness (QED) is 0.215. The van der Waals surface area contributed by atoms with Crippen molar-refractivity contribution >= 4 is 15.8 Å². The van der Waals surface area contributed by atoms with E-state index < -0.39 is 21.2 Å². The number of nitrogens with one attached hydrogen (secondary N) is 1. The number of rotatable bonds is 11. The summed E-state index contributed by atoms with van der Waals surface area (Å²) in [4.78, 5) is 15.4. The lowest BCUT2D eigenvalue weighted by Crippen LogP contribution is -2.68. The lowest BCUT2D eigenvalue weighted by atomic mass is 9.33. The molecule has 7 aliphatic rings. The second-order valence-corrected chi connectivity index (χ2v) is 25.3. The van der Waals surface area contributed by atoms with Crippen LogP contribution in [0, 0.1) is 56.7 Å². The molecule has 344 valence electrons. The number of carboxylic acids is 1. The van der Waals surface area contributed by atoms with Gasteiger partial charge in [-0.05, 0) is 146 Å². The third-order valence-corrected chi connectivity index (χ3v) is 21.4. The second-order valence-electron chi connectivity index (χ2n) is 23.0. The fourth-order valence-electron chi connectivity index (χ4n) is 16.1. The van der Waals surface area contributed by atoms with E-state index in [0.29, 0.717) is 72.9 Å². The summed E-state index contributed by atoms with van der Waals surface area (Å²) < 4.78 is 32.2. The molecule has 0 radical (unpaired) electrons. The van der Waals surface area contributed by atoms with Gasteiger partial charge >= 0.3 is 5.97 Å². The van der Waals surface area contributed by atoms with Crippen molar-refractivity contribution in [1.29, 1.82) is 0 Å². The SMILES string of the molecule is C=C(C)[C@@H]1CC[C@]2(NCCN3CCS(=O)(=O)CC3)CC[C@]3(C)[C@H](CC[C@@H]4[C@@]5(C)CC=C(C6=CCC(COc7cc(-c8ccccc8)nn7C)(C(=O)O)CC6)C(C)(C)[C@@H]5CC[C@]43C)[C@@H]12. The first-order valence-electron chi connectivity index (χ1n) is 24.5. The van der Waals surface area contributed by atoms with Crippen LogP contribution in [0.4, 0.5) is 0 Å². The molecule has 1 unspecified atom stereocenters. The molecule has 0 bridgehead atoms. The topological polar surface area (TPSA) is 114 Å². The van der Waals surface area contributed by atoms with Crippen LogP contribution in [0.15, 0.2) is 71.8 Å². The Morgan fingerprint density at radius 2 is 1.67 bits per heavy atom. The van der Waals surface area contributed by atoms with E-state index in [0.717, 1.165) is 37.2 Å². The smallest absolute Gasteiger partial charge is 0.313 e. The van der Waals surface area contributed by atoms with E-state index in [2.05, 4.69) is 75.6 Å². The number of allylic oxidation sites excluding steroid dienone is 5. The van der Waals surface area contributed by atoms with E-state index in [9.17, 15) is 18.3 Å². The molecule has 0 spiro atoms. The molecule has 1 saturated heterocycles. The molecule has 63 heavy (non-hydrogen) atoms. The summed E-state index contributed by atoms with van der Waals surface area (Å²) >= 11 is 0. The molecule has 0 amide bonds. The van der Waals surface area contributed by atoms with E-state index in [1.54, 1.807) is 4.68 Å². The van der Waals surface area contributed by atoms with Gasteiger partial charge < -0.3 is 20.1 Å². The maximum atomic E-state index is 13.0. The van der Waals surface area contributed by atoms with Crippen LogP contribution in [0.5, 0.6) is 5.88 Å². The van der Waals surface area contributed by atoms with E-state index in [4.69, 9.17) is 4.74 Å². The van der Waals surface area contributed by atoms with Gasteiger partial charge in [0.1, 0.15) is 12.0 Å². The number of hydrogen-bond acceptors (Lipinski definition) is 7. The third kappa shape index (κ3) is 7.33. The first-order valence-corrected chi connectivity index (χ1v) is 26.3. The van der Waals surface area contributed by atoms with Crippen molar-refractivity contribution in [1.82, 2.24) is 20.0 Å². The van der Waals surface area contributed by atoms with Crippen molar-refractivity contribution in [2.75, 3.05) is 44.3 Å². The fraction of sp³-hybridized carbons (Fsp3) is 0.698. The summed E-state index contributed by atoms with van der Waals surface area (Å²) in [6, 6.07) is 11.9. The van der Waals surface area contributed by atoms with E-state index >= 15 is 0 Å². The zero-order chi connectivity index (χ0) is 44.8. The highest BCUT2D eigenvalue weighted by molar-refractivity contribution is 7.91. The van der Waals surface area contributed by atoms with Gasteiger partial charge in [0.25, 0.3) is 0 Å². The van der Waals surface area contributed by atoms with Crippen molar-refractivity contribution in [3.63, 3.8) is 0 Å². The van der Waals surface area contributed by atoms with E-state index in [1.165, 1.54) is 68.1 Å². The first kappa shape index (κ1) is 45.0. The molecule has 1 aromatic heterocycles. The number of aromatic nitrogens is 2. The maximum Gasteiger partial charge on any atom is 0.313 e.